The van der Waals surface area contributed by atoms with E-state index in [4.69, 9.17) is 5.73 Å². The van der Waals surface area contributed by atoms with Crippen LogP contribution in [0.15, 0.2) is 30.3 Å². The summed E-state index contributed by atoms with van der Waals surface area (Å²) in [7, 11) is 0. The summed E-state index contributed by atoms with van der Waals surface area (Å²) in [5.41, 5.74) is 4.20. The number of ketones is 1. The van der Waals surface area contributed by atoms with E-state index in [0.29, 0.717) is 12.0 Å². The predicted octanol–water partition coefficient (Wildman–Crippen LogP) is 1.68. The number of benzene rings is 1. The number of carbonyl (C=O) groups excluding carboxylic acids is 1. The zero-order valence-electron chi connectivity index (χ0n) is 9.85. The molecule has 0 fully saturated rings. The molecular weight excluding hydrogens is 218 g/mol. The molecule has 1 atom stereocenters. The molecule has 0 aromatic heterocycles. The quantitative estimate of drug-likeness (QED) is 0.735. The van der Waals surface area contributed by atoms with Crippen molar-refractivity contribution in [3.8, 4) is 0 Å². The van der Waals surface area contributed by atoms with E-state index in [1.165, 1.54) is 0 Å². The highest BCUT2D eigenvalue weighted by atomic mass is 16.4. The van der Waals surface area contributed by atoms with E-state index in [1.54, 1.807) is 30.3 Å². The van der Waals surface area contributed by atoms with Gasteiger partial charge in [-0.05, 0) is 12.0 Å². The average Bonchev–Trinajstić information content (AvgIpc) is 2.35. The Morgan fingerprint density at radius 2 is 1.88 bits per heavy atom. The van der Waals surface area contributed by atoms with Crippen molar-refractivity contribution in [1.29, 1.82) is 0 Å². The largest absolute Gasteiger partial charge is 0.479 e. The summed E-state index contributed by atoms with van der Waals surface area (Å²) in [4.78, 5) is 23.2. The Balaban J connectivity index is 3.06. The number of Topliss-reactive ketones (excluding diaryl/α,β-unsaturated/α-hetero) is 1. The maximum absolute atomic E-state index is 12.0. The molecule has 1 aromatic carbocycles. The number of aliphatic carboxylic acids is 1. The van der Waals surface area contributed by atoms with Crippen LogP contribution in [-0.2, 0) is 15.1 Å². The van der Waals surface area contributed by atoms with E-state index in [9.17, 15) is 14.7 Å². The molecule has 17 heavy (non-hydrogen) atoms. The molecule has 0 saturated heterocycles. The zero-order chi connectivity index (χ0) is 12.9. The lowest BCUT2D eigenvalue weighted by atomic mass is 9.84. The zero-order valence-corrected chi connectivity index (χ0v) is 9.85. The fourth-order valence-corrected chi connectivity index (χ4v) is 1.64. The molecule has 0 saturated carbocycles. The van der Waals surface area contributed by atoms with Gasteiger partial charge in [-0.15, -0.1) is 0 Å². The van der Waals surface area contributed by atoms with Crippen LogP contribution >= 0.6 is 0 Å². The molecule has 0 aliphatic rings. The Morgan fingerprint density at radius 1 is 1.29 bits per heavy atom. The van der Waals surface area contributed by atoms with Crippen LogP contribution in [0.25, 0.3) is 0 Å². The van der Waals surface area contributed by atoms with Crippen LogP contribution in [0.3, 0.4) is 0 Å². The lowest BCUT2D eigenvalue weighted by Gasteiger charge is -2.23. The second kappa shape index (κ2) is 5.59. The number of hydrogen-bond acceptors (Lipinski definition) is 3. The van der Waals surface area contributed by atoms with E-state index in [2.05, 4.69) is 0 Å². The molecule has 0 aliphatic carbocycles. The molecule has 0 aliphatic heterocycles. The number of hydrogen-bond donors (Lipinski definition) is 2. The van der Waals surface area contributed by atoms with Crippen LogP contribution in [0.5, 0.6) is 0 Å². The monoisotopic (exact) mass is 235 g/mol. The molecule has 0 spiro atoms. The van der Waals surface area contributed by atoms with Crippen LogP contribution in [0, 0.1) is 0 Å². The first kappa shape index (κ1) is 13.4. The summed E-state index contributed by atoms with van der Waals surface area (Å²) >= 11 is 0. The molecular formula is C13H17NO3. The lowest BCUT2D eigenvalue weighted by molar-refractivity contribution is -0.148. The summed E-state index contributed by atoms with van der Waals surface area (Å²) in [6, 6.07) is 8.23. The van der Waals surface area contributed by atoms with E-state index < -0.39 is 17.3 Å². The standard InChI is InChI=1S/C13H17NO3/c1-2-3-9-11(15)13(14,12(16)17)10-7-5-4-6-8-10/h4-8H,2-3,9,14H2,1H3,(H,16,17). The van der Waals surface area contributed by atoms with Crippen LogP contribution in [0.1, 0.15) is 31.7 Å². The molecule has 4 heteroatoms. The van der Waals surface area contributed by atoms with Crippen molar-refractivity contribution in [2.24, 2.45) is 5.73 Å². The van der Waals surface area contributed by atoms with E-state index in [-0.39, 0.29) is 6.42 Å². The van der Waals surface area contributed by atoms with Crippen molar-refractivity contribution in [1.82, 2.24) is 0 Å². The Hall–Kier alpha value is -1.68. The minimum Gasteiger partial charge on any atom is -0.479 e. The summed E-state index contributed by atoms with van der Waals surface area (Å²) in [6.07, 6.45) is 1.67. The Morgan fingerprint density at radius 3 is 2.35 bits per heavy atom. The maximum atomic E-state index is 12.0. The highest BCUT2D eigenvalue weighted by Gasteiger charge is 2.42. The Labute approximate surface area is 100 Å². The van der Waals surface area contributed by atoms with Gasteiger partial charge in [-0.25, -0.2) is 4.79 Å². The lowest BCUT2D eigenvalue weighted by Crippen LogP contribution is -2.51. The summed E-state index contributed by atoms with van der Waals surface area (Å²) in [5, 5.41) is 9.21. The second-order valence-electron chi connectivity index (χ2n) is 4.01. The Bertz CT molecular complexity index is 402. The topological polar surface area (TPSA) is 80.4 Å². The number of nitrogens with two attached hydrogens (primary N) is 1. The molecule has 0 heterocycles. The number of carboxylic acid groups (broad SMARTS) is 1. The second-order valence-corrected chi connectivity index (χ2v) is 4.01. The van der Waals surface area contributed by atoms with E-state index in [1.807, 2.05) is 6.92 Å². The third kappa shape index (κ3) is 2.71. The third-order valence-corrected chi connectivity index (χ3v) is 2.76. The summed E-state index contributed by atoms with van der Waals surface area (Å²) in [5.74, 6) is -1.75. The minimum absolute atomic E-state index is 0.189. The maximum Gasteiger partial charge on any atom is 0.336 e. The first-order valence-corrected chi connectivity index (χ1v) is 5.64. The van der Waals surface area contributed by atoms with Gasteiger partial charge in [0.1, 0.15) is 0 Å². The summed E-state index contributed by atoms with van der Waals surface area (Å²) in [6.45, 7) is 1.94. The molecule has 0 radical (unpaired) electrons. The van der Waals surface area contributed by atoms with Gasteiger partial charge in [0.05, 0.1) is 0 Å². The number of unbranched alkanes of at least 4 members (excludes halogenated alkanes) is 1. The first-order chi connectivity index (χ1) is 8.03. The highest BCUT2D eigenvalue weighted by Crippen LogP contribution is 2.22. The van der Waals surface area contributed by atoms with Crippen molar-refractivity contribution in [3.05, 3.63) is 35.9 Å². The van der Waals surface area contributed by atoms with Crippen molar-refractivity contribution in [2.45, 2.75) is 31.7 Å². The van der Waals surface area contributed by atoms with Crippen LogP contribution in [0.2, 0.25) is 0 Å². The average molecular weight is 235 g/mol. The number of carboxylic acids is 1. The van der Waals surface area contributed by atoms with Crippen molar-refractivity contribution in [3.63, 3.8) is 0 Å². The van der Waals surface area contributed by atoms with E-state index in [0.717, 1.165) is 6.42 Å². The first-order valence-electron chi connectivity index (χ1n) is 5.64. The fourth-order valence-electron chi connectivity index (χ4n) is 1.64. The van der Waals surface area contributed by atoms with Gasteiger partial charge in [0.25, 0.3) is 0 Å². The van der Waals surface area contributed by atoms with Crippen molar-refractivity contribution in [2.75, 3.05) is 0 Å². The van der Waals surface area contributed by atoms with Gasteiger partial charge in [0, 0.05) is 6.42 Å². The van der Waals surface area contributed by atoms with Gasteiger partial charge in [-0.1, -0.05) is 43.7 Å². The molecule has 3 N–H and O–H groups in total. The molecule has 4 nitrogen and oxygen atoms in total. The highest BCUT2D eigenvalue weighted by molar-refractivity contribution is 6.08. The normalized spacial score (nSPS) is 14.0. The number of carbonyl (C=O) groups is 2. The summed E-state index contributed by atoms with van der Waals surface area (Å²) < 4.78 is 0. The minimum atomic E-state index is -1.92. The fraction of sp³-hybridized carbons (Fsp3) is 0.385. The van der Waals surface area contributed by atoms with E-state index >= 15 is 0 Å². The molecule has 1 aromatic rings. The van der Waals surface area contributed by atoms with Crippen LogP contribution < -0.4 is 5.73 Å². The van der Waals surface area contributed by atoms with Crippen LogP contribution in [-0.4, -0.2) is 16.9 Å². The molecule has 1 unspecified atom stereocenters. The van der Waals surface area contributed by atoms with Gasteiger partial charge in [0.15, 0.2) is 11.3 Å². The molecule has 0 bridgehead atoms. The van der Waals surface area contributed by atoms with Crippen molar-refractivity contribution >= 4 is 11.8 Å². The third-order valence-electron chi connectivity index (χ3n) is 2.76. The molecule has 1 rings (SSSR count). The van der Waals surface area contributed by atoms with Gasteiger partial charge in [-0.2, -0.15) is 0 Å². The van der Waals surface area contributed by atoms with Crippen molar-refractivity contribution < 1.29 is 14.7 Å². The van der Waals surface area contributed by atoms with Gasteiger partial charge in [0.2, 0.25) is 0 Å². The Kier molecular flexibility index (Phi) is 4.40. The van der Waals surface area contributed by atoms with Gasteiger partial charge >= 0.3 is 5.97 Å². The molecule has 0 amide bonds. The number of rotatable bonds is 6. The smallest absolute Gasteiger partial charge is 0.336 e. The van der Waals surface area contributed by atoms with Gasteiger partial charge in [-0.3, -0.25) is 4.79 Å². The van der Waals surface area contributed by atoms with Gasteiger partial charge < -0.3 is 10.8 Å². The molecule has 92 valence electrons. The SMILES string of the molecule is CCCCC(=O)C(N)(C(=O)O)c1ccccc1. The predicted molar refractivity (Wildman–Crippen MR) is 64.5 cm³/mol. The van der Waals surface area contributed by atoms with Crippen LogP contribution in [0.4, 0.5) is 0 Å².